The van der Waals surface area contributed by atoms with Gasteiger partial charge in [0.05, 0.1) is 20.8 Å². The predicted octanol–water partition coefficient (Wildman–Crippen LogP) is 5.27. The molecule has 2 rings (SSSR count). The molecule has 0 saturated heterocycles. The molecule has 2 unspecified atom stereocenters. The largest absolute Gasteiger partial charge is 0.493 e. The molecule has 2 aromatic carbocycles. The van der Waals surface area contributed by atoms with Crippen molar-refractivity contribution < 1.29 is 29.2 Å². The monoisotopic (exact) mass is 460 g/mol. The van der Waals surface area contributed by atoms with E-state index in [-0.39, 0.29) is 12.0 Å². The van der Waals surface area contributed by atoms with Gasteiger partial charge in [-0.05, 0) is 80.5 Å². The lowest BCUT2D eigenvalue weighted by molar-refractivity contribution is -0.000958. The minimum Gasteiger partial charge on any atom is -0.493 e. The van der Waals surface area contributed by atoms with E-state index in [2.05, 4.69) is 20.8 Å². The molecule has 184 valence electrons. The Balaban J connectivity index is 2.42. The van der Waals surface area contributed by atoms with Crippen LogP contribution in [0.1, 0.15) is 69.9 Å². The van der Waals surface area contributed by atoms with Crippen LogP contribution in [-0.4, -0.2) is 42.7 Å². The van der Waals surface area contributed by atoms with Crippen LogP contribution in [0.15, 0.2) is 24.3 Å². The van der Waals surface area contributed by atoms with Gasteiger partial charge in [0.25, 0.3) is 0 Å². The summed E-state index contributed by atoms with van der Waals surface area (Å²) in [5.74, 6) is 2.20. The third kappa shape index (κ3) is 6.55. The lowest BCUT2D eigenvalue weighted by Gasteiger charge is -2.28. The molecule has 0 amide bonds. The van der Waals surface area contributed by atoms with E-state index in [1.165, 1.54) is 0 Å². The van der Waals surface area contributed by atoms with Crippen LogP contribution >= 0.6 is 0 Å². The van der Waals surface area contributed by atoms with E-state index in [1.807, 2.05) is 52.8 Å². The van der Waals surface area contributed by atoms with E-state index in [4.69, 9.17) is 18.9 Å². The number of rotatable bonds is 8. The van der Waals surface area contributed by atoms with Crippen molar-refractivity contribution in [2.75, 3.05) is 20.8 Å². The molecule has 0 spiro atoms. The molecule has 0 heterocycles. The molecule has 0 fully saturated rings. The summed E-state index contributed by atoms with van der Waals surface area (Å²) in [7, 11) is 3.14. The smallest absolute Gasteiger partial charge is 0.164 e. The van der Waals surface area contributed by atoms with Crippen LogP contribution in [0.2, 0.25) is 0 Å². The van der Waals surface area contributed by atoms with Gasteiger partial charge in [-0.2, -0.15) is 0 Å². The predicted molar refractivity (Wildman–Crippen MR) is 131 cm³/mol. The lowest BCUT2D eigenvalue weighted by atomic mass is 9.86. The maximum atomic E-state index is 11.1. The lowest BCUT2D eigenvalue weighted by Crippen LogP contribution is -2.30. The summed E-state index contributed by atoms with van der Waals surface area (Å²) in [5, 5.41) is 21.2. The molecule has 2 atom stereocenters. The minimum atomic E-state index is -1.10. The first-order chi connectivity index (χ1) is 15.2. The van der Waals surface area contributed by atoms with Gasteiger partial charge in [0.2, 0.25) is 0 Å². The average molecular weight is 461 g/mol. The number of benzene rings is 2. The Morgan fingerprint density at radius 1 is 0.818 bits per heavy atom. The minimum absolute atomic E-state index is 0.0581. The number of aliphatic hydroxyl groups is 2. The van der Waals surface area contributed by atoms with Crippen molar-refractivity contribution in [2.24, 2.45) is 0 Å². The highest BCUT2D eigenvalue weighted by atomic mass is 16.5. The highest BCUT2D eigenvalue weighted by Crippen LogP contribution is 2.40. The highest BCUT2D eigenvalue weighted by Gasteiger charge is 2.28. The summed E-state index contributed by atoms with van der Waals surface area (Å²) >= 11 is 0. The molecule has 0 aromatic heterocycles. The van der Waals surface area contributed by atoms with Gasteiger partial charge >= 0.3 is 0 Å². The van der Waals surface area contributed by atoms with Gasteiger partial charge in [-0.3, -0.25) is 0 Å². The molecule has 0 radical (unpaired) electrons. The van der Waals surface area contributed by atoms with E-state index in [0.717, 1.165) is 16.7 Å². The molecule has 33 heavy (non-hydrogen) atoms. The van der Waals surface area contributed by atoms with Crippen molar-refractivity contribution in [3.63, 3.8) is 0 Å². The Bertz CT molecular complexity index is 953. The molecule has 6 nitrogen and oxygen atoms in total. The normalized spacial score (nSPS) is 13.9. The molecule has 0 aliphatic carbocycles. The molecule has 6 heteroatoms. The second-order valence-corrected chi connectivity index (χ2v) is 10.4. The Morgan fingerprint density at radius 3 is 1.85 bits per heavy atom. The number of aryl methyl sites for hydroxylation is 2. The highest BCUT2D eigenvalue weighted by molar-refractivity contribution is 5.52. The van der Waals surface area contributed by atoms with Gasteiger partial charge < -0.3 is 29.2 Å². The molecule has 0 bridgehead atoms. The van der Waals surface area contributed by atoms with Crippen molar-refractivity contribution >= 4 is 0 Å². The summed E-state index contributed by atoms with van der Waals surface area (Å²) in [6.07, 6.45) is -2.01. The first kappa shape index (κ1) is 26.8. The maximum Gasteiger partial charge on any atom is 0.164 e. The fourth-order valence-electron chi connectivity index (χ4n) is 3.57. The van der Waals surface area contributed by atoms with E-state index >= 15 is 0 Å². The van der Waals surface area contributed by atoms with Crippen molar-refractivity contribution in [3.8, 4) is 23.0 Å². The van der Waals surface area contributed by atoms with Crippen molar-refractivity contribution in [1.29, 1.82) is 0 Å². The first-order valence-corrected chi connectivity index (χ1v) is 11.2. The van der Waals surface area contributed by atoms with Crippen LogP contribution in [0.3, 0.4) is 0 Å². The van der Waals surface area contributed by atoms with E-state index < -0.39 is 17.8 Å². The number of hydrogen-bond acceptors (Lipinski definition) is 6. The van der Waals surface area contributed by atoms with Crippen LogP contribution in [0.25, 0.3) is 0 Å². The molecule has 0 aliphatic heterocycles. The van der Waals surface area contributed by atoms with E-state index in [1.54, 1.807) is 20.3 Å². The van der Waals surface area contributed by atoms with Crippen LogP contribution in [0.4, 0.5) is 0 Å². The third-order valence-corrected chi connectivity index (χ3v) is 5.36. The molecular formula is C27H40O6. The second-order valence-electron chi connectivity index (χ2n) is 10.4. The van der Waals surface area contributed by atoms with Gasteiger partial charge in [-0.15, -0.1) is 0 Å². The number of methoxy groups -OCH3 is 2. The van der Waals surface area contributed by atoms with Crippen LogP contribution < -0.4 is 18.9 Å². The summed E-state index contributed by atoms with van der Waals surface area (Å²) in [6.45, 7) is 15.7. The zero-order valence-electron chi connectivity index (χ0n) is 21.7. The van der Waals surface area contributed by atoms with Crippen molar-refractivity contribution in [1.82, 2.24) is 0 Å². The van der Waals surface area contributed by atoms with E-state index in [0.29, 0.717) is 28.6 Å². The van der Waals surface area contributed by atoms with Crippen LogP contribution in [0, 0.1) is 13.8 Å². The summed E-state index contributed by atoms with van der Waals surface area (Å²) in [4.78, 5) is 0. The fourth-order valence-corrected chi connectivity index (χ4v) is 3.57. The topological polar surface area (TPSA) is 77.4 Å². The molecule has 0 aliphatic rings. The summed E-state index contributed by atoms with van der Waals surface area (Å²) in [6, 6.07) is 7.53. The van der Waals surface area contributed by atoms with Gasteiger partial charge in [0.15, 0.2) is 29.1 Å². The van der Waals surface area contributed by atoms with Gasteiger partial charge in [-0.25, -0.2) is 0 Å². The summed E-state index contributed by atoms with van der Waals surface area (Å²) in [5.41, 5.74) is 2.90. The SMILES string of the molecule is COc1cc(C(C)(C)C)cc(C)c1OC(CO)C(O)c1cc(C)c(OC(C)(C)C)c(OC)c1. The molecule has 2 aromatic rings. The van der Waals surface area contributed by atoms with Crippen molar-refractivity contribution in [3.05, 3.63) is 46.5 Å². The number of hydrogen-bond donors (Lipinski definition) is 2. The van der Waals surface area contributed by atoms with Crippen molar-refractivity contribution in [2.45, 2.75) is 78.6 Å². The van der Waals surface area contributed by atoms with E-state index in [9.17, 15) is 10.2 Å². The first-order valence-electron chi connectivity index (χ1n) is 11.2. The Hall–Kier alpha value is -2.44. The number of ether oxygens (including phenoxy) is 4. The zero-order chi connectivity index (χ0) is 25.1. The third-order valence-electron chi connectivity index (χ3n) is 5.36. The maximum absolute atomic E-state index is 11.1. The van der Waals surface area contributed by atoms with Crippen LogP contribution in [0.5, 0.6) is 23.0 Å². The average Bonchev–Trinajstić information content (AvgIpc) is 2.71. The Morgan fingerprint density at radius 2 is 1.36 bits per heavy atom. The standard InChI is InChI=1S/C27H40O6/c1-16-11-18(13-20(30-9)25(16)33-27(6,7)8)23(29)22(15-28)32-24-17(2)12-19(26(3,4)5)14-21(24)31-10/h11-14,22-23,28-29H,15H2,1-10H3. The van der Waals surface area contributed by atoms with Gasteiger partial charge in [0, 0.05) is 0 Å². The molecule has 0 saturated carbocycles. The van der Waals surface area contributed by atoms with Gasteiger partial charge in [-0.1, -0.05) is 26.8 Å². The van der Waals surface area contributed by atoms with Crippen LogP contribution in [-0.2, 0) is 5.41 Å². The fraction of sp³-hybridized carbons (Fsp3) is 0.556. The quantitative estimate of drug-likeness (QED) is 0.559. The summed E-state index contributed by atoms with van der Waals surface area (Å²) < 4.78 is 23.3. The molecular weight excluding hydrogens is 420 g/mol. The van der Waals surface area contributed by atoms with Gasteiger partial charge in [0.1, 0.15) is 11.7 Å². The Kier molecular flexibility index (Phi) is 8.31. The second kappa shape index (κ2) is 10.2. The molecule has 2 N–H and O–H groups in total. The zero-order valence-corrected chi connectivity index (χ0v) is 21.7. The Labute approximate surface area is 198 Å². The number of aliphatic hydroxyl groups excluding tert-OH is 2.